The summed E-state index contributed by atoms with van der Waals surface area (Å²) < 4.78 is 0.446. The molecule has 1 aromatic heterocycles. The molecule has 0 fully saturated rings. The van der Waals surface area contributed by atoms with Crippen LogP contribution >= 0.6 is 23.1 Å². The number of hydrazone groups is 1. The highest BCUT2D eigenvalue weighted by Gasteiger charge is 2.19. The molecular weight excluding hydrogens is 306 g/mol. The summed E-state index contributed by atoms with van der Waals surface area (Å²) in [5.41, 5.74) is 2.43. The number of nitrogens with one attached hydrogen (secondary N) is 2. The molecule has 0 spiro atoms. The first kappa shape index (κ1) is 14.4. The number of carboxylic acids is 1. The van der Waals surface area contributed by atoms with Crippen molar-refractivity contribution in [3.8, 4) is 0 Å². The average Bonchev–Trinajstić information content (AvgIpc) is 2.84. The number of amides is 2. The van der Waals surface area contributed by atoms with E-state index in [1.54, 1.807) is 0 Å². The van der Waals surface area contributed by atoms with E-state index in [4.69, 9.17) is 5.11 Å². The number of carbonyl (C=O) groups is 3. The fourth-order valence-corrected chi connectivity index (χ4v) is 2.72. The Bertz CT molecular complexity index is 585. The van der Waals surface area contributed by atoms with Crippen LogP contribution in [0.25, 0.3) is 0 Å². The van der Waals surface area contributed by atoms with Crippen molar-refractivity contribution in [2.45, 2.75) is 17.2 Å². The van der Waals surface area contributed by atoms with Gasteiger partial charge in [-0.05, 0) is 0 Å². The zero-order valence-electron chi connectivity index (χ0n) is 9.95. The molecule has 9 nitrogen and oxygen atoms in total. The van der Waals surface area contributed by atoms with Gasteiger partial charge in [0.2, 0.25) is 11.0 Å². The second-order valence-electron chi connectivity index (χ2n) is 3.60. The third-order valence-corrected chi connectivity index (χ3v) is 4.07. The zero-order valence-corrected chi connectivity index (χ0v) is 11.6. The van der Waals surface area contributed by atoms with Gasteiger partial charge in [0.05, 0.1) is 5.75 Å². The topological polar surface area (TPSA) is 134 Å². The van der Waals surface area contributed by atoms with Gasteiger partial charge in [-0.2, -0.15) is 5.10 Å². The average molecular weight is 315 g/mol. The van der Waals surface area contributed by atoms with Gasteiger partial charge < -0.3 is 5.11 Å². The molecule has 11 heteroatoms. The molecule has 0 aromatic carbocycles. The van der Waals surface area contributed by atoms with Crippen LogP contribution in [0.15, 0.2) is 9.44 Å². The van der Waals surface area contributed by atoms with E-state index in [9.17, 15) is 14.4 Å². The van der Waals surface area contributed by atoms with Crippen LogP contribution in [-0.4, -0.2) is 44.6 Å². The van der Waals surface area contributed by atoms with Crippen molar-refractivity contribution in [3.63, 3.8) is 0 Å². The minimum atomic E-state index is -0.955. The molecule has 0 saturated heterocycles. The van der Waals surface area contributed by atoms with E-state index in [0.29, 0.717) is 4.34 Å². The van der Waals surface area contributed by atoms with Gasteiger partial charge in [0.25, 0.3) is 5.91 Å². The first-order valence-electron chi connectivity index (χ1n) is 5.39. The summed E-state index contributed by atoms with van der Waals surface area (Å²) in [6.45, 7) is 0. The van der Waals surface area contributed by atoms with Crippen LogP contribution in [0.3, 0.4) is 0 Å². The number of carbonyl (C=O) groups excluding carboxylic acids is 2. The summed E-state index contributed by atoms with van der Waals surface area (Å²) in [6.07, 6.45) is 0.471. The predicted molar refractivity (Wildman–Crippen MR) is 71.7 cm³/mol. The molecule has 1 aromatic rings. The van der Waals surface area contributed by atoms with Gasteiger partial charge in [0.15, 0.2) is 4.34 Å². The Morgan fingerprint density at radius 2 is 2.20 bits per heavy atom. The minimum absolute atomic E-state index is 0.124. The maximum atomic E-state index is 11.8. The Kier molecular flexibility index (Phi) is 4.63. The molecule has 0 aliphatic carbocycles. The monoisotopic (exact) mass is 315 g/mol. The molecule has 0 bridgehead atoms. The maximum Gasteiger partial charge on any atom is 0.313 e. The van der Waals surface area contributed by atoms with Gasteiger partial charge in [-0.15, -0.1) is 10.2 Å². The van der Waals surface area contributed by atoms with Crippen molar-refractivity contribution in [3.05, 3.63) is 0 Å². The summed E-state index contributed by atoms with van der Waals surface area (Å²) in [5.74, 6) is -1.77. The molecule has 3 N–H and O–H groups in total. The SMILES string of the molecule is O=C(O)CSc1nnc(NC(=O)C2=NNC(=O)CC2)s1. The van der Waals surface area contributed by atoms with E-state index < -0.39 is 11.9 Å². The summed E-state index contributed by atoms with van der Waals surface area (Å²) in [4.78, 5) is 33.1. The van der Waals surface area contributed by atoms with Crippen LogP contribution in [0.4, 0.5) is 5.13 Å². The molecule has 106 valence electrons. The second-order valence-corrected chi connectivity index (χ2v) is 5.80. The van der Waals surface area contributed by atoms with Crippen LogP contribution in [0.5, 0.6) is 0 Å². The van der Waals surface area contributed by atoms with Gasteiger partial charge >= 0.3 is 5.97 Å². The quantitative estimate of drug-likeness (QED) is 0.511. The number of thioether (sulfide) groups is 1. The van der Waals surface area contributed by atoms with Crippen molar-refractivity contribution < 1.29 is 19.5 Å². The van der Waals surface area contributed by atoms with Crippen LogP contribution < -0.4 is 10.7 Å². The molecule has 0 radical (unpaired) electrons. The number of aliphatic carboxylic acids is 1. The van der Waals surface area contributed by atoms with Crippen molar-refractivity contribution >= 4 is 51.7 Å². The maximum absolute atomic E-state index is 11.8. The van der Waals surface area contributed by atoms with Crippen molar-refractivity contribution in [2.24, 2.45) is 5.10 Å². The lowest BCUT2D eigenvalue weighted by atomic mass is 10.2. The first-order chi connectivity index (χ1) is 9.54. The third-order valence-electron chi connectivity index (χ3n) is 2.11. The second kappa shape index (κ2) is 6.43. The Labute approximate surface area is 120 Å². The van der Waals surface area contributed by atoms with Crippen molar-refractivity contribution in [1.82, 2.24) is 15.6 Å². The fraction of sp³-hybridized carbons (Fsp3) is 0.333. The predicted octanol–water partition coefficient (Wildman–Crippen LogP) is -0.0807. The van der Waals surface area contributed by atoms with Gasteiger partial charge in [-0.25, -0.2) is 5.43 Å². The fourth-order valence-electron chi connectivity index (χ4n) is 1.25. The molecule has 2 rings (SSSR count). The third kappa shape index (κ3) is 3.99. The largest absolute Gasteiger partial charge is 0.481 e. The van der Waals surface area contributed by atoms with Gasteiger partial charge in [0, 0.05) is 12.8 Å². The van der Waals surface area contributed by atoms with Crippen LogP contribution in [-0.2, 0) is 14.4 Å². The Hall–Kier alpha value is -2.01. The number of rotatable bonds is 5. The molecule has 2 amide bonds. The summed E-state index contributed by atoms with van der Waals surface area (Å²) in [6, 6.07) is 0. The molecule has 20 heavy (non-hydrogen) atoms. The van der Waals surface area contributed by atoms with E-state index in [-0.39, 0.29) is 35.3 Å². The molecule has 1 aliphatic heterocycles. The van der Waals surface area contributed by atoms with Crippen molar-refractivity contribution in [1.29, 1.82) is 0 Å². The minimum Gasteiger partial charge on any atom is -0.481 e. The summed E-state index contributed by atoms with van der Waals surface area (Å²) in [5, 5.41) is 22.4. The number of nitrogens with zero attached hydrogens (tertiary/aromatic N) is 3. The highest BCUT2D eigenvalue weighted by molar-refractivity contribution is 8.01. The number of hydrogen-bond acceptors (Lipinski definition) is 8. The lowest BCUT2D eigenvalue weighted by Gasteiger charge is -2.10. The normalized spacial score (nSPS) is 14.4. The number of hydrogen-bond donors (Lipinski definition) is 3. The zero-order chi connectivity index (χ0) is 14.5. The van der Waals surface area contributed by atoms with Crippen LogP contribution in [0, 0.1) is 0 Å². The number of anilines is 1. The lowest BCUT2D eigenvalue weighted by Crippen LogP contribution is -2.32. The smallest absolute Gasteiger partial charge is 0.313 e. The summed E-state index contributed by atoms with van der Waals surface area (Å²) in [7, 11) is 0. The van der Waals surface area contributed by atoms with Gasteiger partial charge in [0.1, 0.15) is 5.71 Å². The lowest BCUT2D eigenvalue weighted by molar-refractivity contribution is -0.134. The highest BCUT2D eigenvalue weighted by atomic mass is 32.2. The molecular formula is C9H9N5O4S2. The molecule has 0 atom stereocenters. The van der Waals surface area contributed by atoms with E-state index in [2.05, 4.69) is 26.0 Å². The van der Waals surface area contributed by atoms with E-state index in [0.717, 1.165) is 23.1 Å². The van der Waals surface area contributed by atoms with E-state index >= 15 is 0 Å². The molecule has 2 heterocycles. The first-order valence-corrected chi connectivity index (χ1v) is 7.19. The van der Waals surface area contributed by atoms with Crippen LogP contribution in [0.2, 0.25) is 0 Å². The Balaban J connectivity index is 1.91. The molecule has 0 saturated carbocycles. The number of carboxylic acid groups (broad SMARTS) is 1. The standard InChI is InChI=1S/C9H9N5O4S2/c15-5-2-1-4(11-12-5)7(18)10-8-13-14-9(20-8)19-3-6(16)17/h1-3H2,(H,12,15)(H,16,17)(H,10,13,18). The van der Waals surface area contributed by atoms with E-state index in [1.807, 2.05) is 0 Å². The summed E-state index contributed by atoms with van der Waals surface area (Å²) >= 11 is 2.09. The van der Waals surface area contributed by atoms with Crippen molar-refractivity contribution in [2.75, 3.05) is 11.1 Å². The highest BCUT2D eigenvalue weighted by Crippen LogP contribution is 2.25. The van der Waals surface area contributed by atoms with E-state index in [1.165, 1.54) is 0 Å². The van der Waals surface area contributed by atoms with Crippen LogP contribution in [0.1, 0.15) is 12.8 Å². The molecule has 1 aliphatic rings. The number of aromatic nitrogens is 2. The Morgan fingerprint density at radius 3 is 2.85 bits per heavy atom. The van der Waals surface area contributed by atoms with Gasteiger partial charge in [-0.1, -0.05) is 23.1 Å². The Morgan fingerprint density at radius 1 is 1.40 bits per heavy atom. The molecule has 0 unspecified atom stereocenters. The van der Waals surface area contributed by atoms with Gasteiger partial charge in [-0.3, -0.25) is 19.7 Å².